The van der Waals surface area contributed by atoms with Crippen molar-refractivity contribution >= 4 is 11.6 Å². The molecule has 1 aromatic rings. The van der Waals surface area contributed by atoms with E-state index in [-0.39, 0.29) is 17.6 Å². The van der Waals surface area contributed by atoms with Gasteiger partial charge in [0.05, 0.1) is 5.92 Å². The number of rotatable bonds is 3. The minimum atomic E-state index is -4.74. The van der Waals surface area contributed by atoms with E-state index in [0.717, 1.165) is 19.0 Å². The zero-order chi connectivity index (χ0) is 13.9. The predicted octanol–water partition coefficient (Wildman–Crippen LogP) is 2.13. The molecule has 1 unspecified atom stereocenters. The van der Waals surface area contributed by atoms with Crippen molar-refractivity contribution in [1.29, 1.82) is 0 Å². The third-order valence-electron chi connectivity index (χ3n) is 2.77. The highest BCUT2D eigenvalue weighted by Gasteiger charge is 2.31. The maximum atomic E-state index is 12.1. The average molecular weight is 274 g/mol. The van der Waals surface area contributed by atoms with Crippen molar-refractivity contribution in [3.05, 3.63) is 24.3 Å². The molecule has 0 aromatic heterocycles. The van der Waals surface area contributed by atoms with E-state index in [1.807, 2.05) is 0 Å². The third-order valence-corrected chi connectivity index (χ3v) is 2.77. The molecular weight excluding hydrogens is 261 g/mol. The molecular formula is C12H13F3N2O2. The smallest absolute Gasteiger partial charge is 0.406 e. The van der Waals surface area contributed by atoms with Crippen LogP contribution in [0.15, 0.2) is 24.3 Å². The summed E-state index contributed by atoms with van der Waals surface area (Å²) in [5.41, 5.74) is 0.290. The molecule has 0 radical (unpaired) electrons. The summed E-state index contributed by atoms with van der Waals surface area (Å²) < 4.78 is 40.0. The van der Waals surface area contributed by atoms with E-state index >= 15 is 0 Å². The first-order valence-corrected chi connectivity index (χ1v) is 5.81. The quantitative estimate of drug-likeness (QED) is 0.887. The van der Waals surface area contributed by atoms with E-state index in [4.69, 9.17) is 0 Å². The zero-order valence-electron chi connectivity index (χ0n) is 9.96. The van der Waals surface area contributed by atoms with Crippen LogP contribution in [0.3, 0.4) is 0 Å². The summed E-state index contributed by atoms with van der Waals surface area (Å²) in [6.07, 6.45) is -4.01. The van der Waals surface area contributed by atoms with Gasteiger partial charge in [-0.15, -0.1) is 13.2 Å². The second-order valence-corrected chi connectivity index (χ2v) is 4.25. The zero-order valence-corrected chi connectivity index (χ0v) is 9.96. The van der Waals surface area contributed by atoms with Crippen LogP contribution < -0.4 is 15.4 Å². The lowest BCUT2D eigenvalue weighted by Crippen LogP contribution is -2.24. The number of alkyl halides is 3. The highest BCUT2D eigenvalue weighted by atomic mass is 19.4. The van der Waals surface area contributed by atoms with Crippen molar-refractivity contribution < 1.29 is 22.7 Å². The molecule has 19 heavy (non-hydrogen) atoms. The molecule has 0 saturated carbocycles. The average Bonchev–Trinajstić information content (AvgIpc) is 2.80. The van der Waals surface area contributed by atoms with Crippen LogP contribution in [0.25, 0.3) is 0 Å². The Balaban J connectivity index is 2.00. The Labute approximate surface area is 107 Å². The molecule has 0 spiro atoms. The molecule has 1 aliphatic heterocycles. The molecule has 4 nitrogen and oxygen atoms in total. The van der Waals surface area contributed by atoms with Crippen molar-refractivity contribution in [2.75, 3.05) is 18.4 Å². The van der Waals surface area contributed by atoms with Crippen LogP contribution >= 0.6 is 0 Å². The Kier molecular flexibility index (Phi) is 3.94. The highest BCUT2D eigenvalue weighted by molar-refractivity contribution is 5.93. The first-order valence-electron chi connectivity index (χ1n) is 5.81. The van der Waals surface area contributed by atoms with Gasteiger partial charge in [-0.2, -0.15) is 0 Å². The minimum Gasteiger partial charge on any atom is -0.406 e. The van der Waals surface area contributed by atoms with Crippen molar-refractivity contribution in [2.24, 2.45) is 5.92 Å². The lowest BCUT2D eigenvalue weighted by molar-refractivity contribution is -0.274. The predicted molar refractivity (Wildman–Crippen MR) is 62.7 cm³/mol. The Bertz CT molecular complexity index is 457. The van der Waals surface area contributed by atoms with Gasteiger partial charge in [0.25, 0.3) is 0 Å². The van der Waals surface area contributed by atoms with Crippen LogP contribution in [0.5, 0.6) is 5.75 Å². The lowest BCUT2D eigenvalue weighted by atomic mass is 10.1. The van der Waals surface area contributed by atoms with Crippen molar-refractivity contribution in [1.82, 2.24) is 5.32 Å². The van der Waals surface area contributed by atoms with Gasteiger partial charge in [-0.25, -0.2) is 0 Å². The number of benzene rings is 1. The van der Waals surface area contributed by atoms with E-state index in [0.29, 0.717) is 12.2 Å². The molecule has 1 aromatic carbocycles. The first kappa shape index (κ1) is 13.7. The molecule has 1 amide bonds. The molecule has 1 aliphatic rings. The summed E-state index contributed by atoms with van der Waals surface area (Å²) in [5.74, 6) is -0.698. The fourth-order valence-corrected chi connectivity index (χ4v) is 1.89. The summed E-state index contributed by atoms with van der Waals surface area (Å²) in [6, 6.07) is 5.24. The molecule has 1 fully saturated rings. The van der Waals surface area contributed by atoms with Crippen molar-refractivity contribution in [3.8, 4) is 5.75 Å². The van der Waals surface area contributed by atoms with Crippen molar-refractivity contribution in [2.45, 2.75) is 12.8 Å². The Morgan fingerprint density at radius 1 is 1.42 bits per heavy atom. The van der Waals surface area contributed by atoms with E-state index < -0.39 is 6.36 Å². The van der Waals surface area contributed by atoms with Crippen LogP contribution in [-0.4, -0.2) is 25.4 Å². The number of anilines is 1. The molecule has 1 atom stereocenters. The van der Waals surface area contributed by atoms with Gasteiger partial charge < -0.3 is 15.4 Å². The van der Waals surface area contributed by atoms with Gasteiger partial charge in [0.1, 0.15) is 5.75 Å². The summed E-state index contributed by atoms with van der Waals surface area (Å²) in [5, 5.41) is 5.63. The molecule has 0 bridgehead atoms. The van der Waals surface area contributed by atoms with E-state index in [1.54, 1.807) is 0 Å². The fourth-order valence-electron chi connectivity index (χ4n) is 1.89. The molecule has 0 aliphatic carbocycles. The number of nitrogens with one attached hydrogen (secondary N) is 2. The largest absolute Gasteiger partial charge is 0.573 e. The number of ether oxygens (including phenoxy) is 1. The van der Waals surface area contributed by atoms with Gasteiger partial charge >= 0.3 is 6.36 Å². The normalized spacial score (nSPS) is 19.2. The molecule has 2 N–H and O–H groups in total. The number of amides is 1. The maximum absolute atomic E-state index is 12.1. The molecule has 104 valence electrons. The van der Waals surface area contributed by atoms with E-state index in [1.165, 1.54) is 18.2 Å². The summed E-state index contributed by atoms with van der Waals surface area (Å²) in [7, 11) is 0. The first-order chi connectivity index (χ1) is 8.94. The maximum Gasteiger partial charge on any atom is 0.573 e. The Morgan fingerprint density at radius 3 is 2.84 bits per heavy atom. The second kappa shape index (κ2) is 5.48. The fraction of sp³-hybridized carbons (Fsp3) is 0.417. The molecule has 1 saturated heterocycles. The number of hydrogen-bond acceptors (Lipinski definition) is 3. The number of halogens is 3. The summed E-state index contributed by atoms with van der Waals surface area (Å²) in [4.78, 5) is 11.8. The van der Waals surface area contributed by atoms with Crippen LogP contribution in [0.1, 0.15) is 6.42 Å². The highest BCUT2D eigenvalue weighted by Crippen LogP contribution is 2.25. The third kappa shape index (κ3) is 4.13. The van der Waals surface area contributed by atoms with E-state index in [9.17, 15) is 18.0 Å². The standard InChI is InChI=1S/C12H13F3N2O2/c13-12(14,15)19-10-3-1-2-9(6-10)17-11(18)8-4-5-16-7-8/h1-3,6,8,16H,4-5,7H2,(H,17,18). The molecule has 2 rings (SSSR count). The van der Waals surface area contributed by atoms with Gasteiger partial charge in [-0.1, -0.05) is 6.07 Å². The van der Waals surface area contributed by atoms with Crippen molar-refractivity contribution in [3.63, 3.8) is 0 Å². The molecule has 7 heteroatoms. The van der Waals surface area contributed by atoms with Gasteiger partial charge in [0, 0.05) is 18.3 Å². The van der Waals surface area contributed by atoms with Gasteiger partial charge in [-0.3, -0.25) is 4.79 Å². The monoisotopic (exact) mass is 274 g/mol. The summed E-state index contributed by atoms with van der Waals surface area (Å²) >= 11 is 0. The number of hydrogen-bond donors (Lipinski definition) is 2. The lowest BCUT2D eigenvalue weighted by Gasteiger charge is -2.12. The minimum absolute atomic E-state index is 0.146. The topological polar surface area (TPSA) is 50.4 Å². The number of carbonyl (C=O) groups is 1. The van der Waals surface area contributed by atoms with Crippen LogP contribution in [0.2, 0.25) is 0 Å². The SMILES string of the molecule is O=C(Nc1cccc(OC(F)(F)F)c1)C1CCNC1. The molecule has 1 heterocycles. The van der Waals surface area contributed by atoms with Gasteiger partial charge in [0.2, 0.25) is 5.91 Å². The second-order valence-electron chi connectivity index (χ2n) is 4.25. The van der Waals surface area contributed by atoms with Gasteiger partial charge in [-0.05, 0) is 25.1 Å². The van der Waals surface area contributed by atoms with E-state index in [2.05, 4.69) is 15.4 Å². The van der Waals surface area contributed by atoms with Crippen LogP contribution in [0, 0.1) is 5.92 Å². The van der Waals surface area contributed by atoms with Crippen LogP contribution in [-0.2, 0) is 4.79 Å². The van der Waals surface area contributed by atoms with Crippen LogP contribution in [0.4, 0.5) is 18.9 Å². The number of carbonyl (C=O) groups excluding carboxylic acids is 1. The Morgan fingerprint density at radius 2 is 2.21 bits per heavy atom. The summed E-state index contributed by atoms with van der Waals surface area (Å²) in [6.45, 7) is 1.36. The van der Waals surface area contributed by atoms with Gasteiger partial charge in [0.15, 0.2) is 0 Å². The Hall–Kier alpha value is -1.76.